The molecule has 0 heterocycles. The first-order chi connectivity index (χ1) is 11.0. The molecular formula is C16H14Cl2N2O3. The standard InChI is InChI=1S/C16H14Cl2N2O3/c17-13-7-6-11(8-14(13)18)9-15(19)20-23-16(21)10-22-12-4-2-1-3-5-12/h1-8H,9-10H2,(H2,19,20). The van der Waals surface area contributed by atoms with Crippen molar-refractivity contribution in [2.45, 2.75) is 6.42 Å². The molecule has 0 fully saturated rings. The summed E-state index contributed by atoms with van der Waals surface area (Å²) in [7, 11) is 0. The lowest BCUT2D eigenvalue weighted by Gasteiger charge is -2.05. The number of ether oxygens (including phenoxy) is 1. The summed E-state index contributed by atoms with van der Waals surface area (Å²) in [5, 5.41) is 4.45. The van der Waals surface area contributed by atoms with Crippen LogP contribution in [0.2, 0.25) is 10.0 Å². The molecular weight excluding hydrogens is 339 g/mol. The van der Waals surface area contributed by atoms with Crippen molar-refractivity contribution in [1.29, 1.82) is 0 Å². The van der Waals surface area contributed by atoms with Crippen molar-refractivity contribution in [3.63, 3.8) is 0 Å². The van der Waals surface area contributed by atoms with Crippen LogP contribution in [0.5, 0.6) is 5.75 Å². The minimum absolute atomic E-state index is 0.136. The van der Waals surface area contributed by atoms with Crippen LogP contribution in [-0.4, -0.2) is 18.4 Å². The molecule has 0 radical (unpaired) electrons. The second kappa shape index (κ2) is 8.41. The molecule has 0 aliphatic carbocycles. The van der Waals surface area contributed by atoms with Gasteiger partial charge in [-0.15, -0.1) is 0 Å². The van der Waals surface area contributed by atoms with Crippen molar-refractivity contribution >= 4 is 35.0 Å². The molecule has 0 aromatic heterocycles. The monoisotopic (exact) mass is 352 g/mol. The quantitative estimate of drug-likeness (QED) is 0.374. The number of halogens is 2. The maximum absolute atomic E-state index is 11.5. The third-order valence-electron chi connectivity index (χ3n) is 2.73. The average Bonchev–Trinajstić information content (AvgIpc) is 2.55. The van der Waals surface area contributed by atoms with E-state index in [2.05, 4.69) is 5.16 Å². The summed E-state index contributed by atoms with van der Waals surface area (Å²) in [5.74, 6) is 0.0552. The van der Waals surface area contributed by atoms with Crippen LogP contribution in [0.4, 0.5) is 0 Å². The second-order valence-electron chi connectivity index (χ2n) is 4.57. The van der Waals surface area contributed by atoms with E-state index in [1.807, 2.05) is 6.07 Å². The van der Waals surface area contributed by atoms with E-state index in [0.29, 0.717) is 15.8 Å². The largest absolute Gasteiger partial charge is 0.482 e. The van der Waals surface area contributed by atoms with Crippen molar-refractivity contribution in [3.8, 4) is 5.75 Å². The highest BCUT2D eigenvalue weighted by Gasteiger charge is 2.06. The summed E-state index contributed by atoms with van der Waals surface area (Å²) >= 11 is 11.7. The van der Waals surface area contributed by atoms with E-state index in [1.54, 1.807) is 42.5 Å². The molecule has 23 heavy (non-hydrogen) atoms. The highest BCUT2D eigenvalue weighted by atomic mass is 35.5. The number of hydrogen-bond acceptors (Lipinski definition) is 4. The number of carbonyl (C=O) groups excluding carboxylic acids is 1. The number of para-hydroxylation sites is 1. The topological polar surface area (TPSA) is 73.9 Å². The van der Waals surface area contributed by atoms with Crippen LogP contribution in [0.1, 0.15) is 5.56 Å². The van der Waals surface area contributed by atoms with Gasteiger partial charge in [0.15, 0.2) is 6.61 Å². The fourth-order valence-electron chi connectivity index (χ4n) is 1.69. The second-order valence-corrected chi connectivity index (χ2v) is 5.39. The summed E-state index contributed by atoms with van der Waals surface area (Å²) in [6.07, 6.45) is 0.281. The van der Waals surface area contributed by atoms with Gasteiger partial charge >= 0.3 is 5.97 Å². The number of nitrogens with two attached hydrogens (primary N) is 1. The third-order valence-corrected chi connectivity index (χ3v) is 3.47. The Morgan fingerprint density at radius 3 is 2.52 bits per heavy atom. The van der Waals surface area contributed by atoms with Gasteiger partial charge in [0, 0.05) is 6.42 Å². The molecule has 2 aromatic carbocycles. The van der Waals surface area contributed by atoms with E-state index in [-0.39, 0.29) is 18.9 Å². The Bertz CT molecular complexity index is 706. The SMILES string of the molecule is NC(Cc1ccc(Cl)c(Cl)c1)=NOC(=O)COc1ccccc1. The summed E-state index contributed by atoms with van der Waals surface area (Å²) < 4.78 is 5.23. The van der Waals surface area contributed by atoms with Gasteiger partial charge < -0.3 is 15.3 Å². The average molecular weight is 353 g/mol. The van der Waals surface area contributed by atoms with Gasteiger partial charge in [-0.1, -0.05) is 52.6 Å². The lowest BCUT2D eigenvalue weighted by Crippen LogP contribution is -2.18. The van der Waals surface area contributed by atoms with Crippen LogP contribution in [0.15, 0.2) is 53.7 Å². The van der Waals surface area contributed by atoms with E-state index >= 15 is 0 Å². The molecule has 0 aliphatic rings. The zero-order chi connectivity index (χ0) is 16.7. The van der Waals surface area contributed by atoms with E-state index in [9.17, 15) is 4.79 Å². The van der Waals surface area contributed by atoms with Gasteiger partial charge in [-0.05, 0) is 29.8 Å². The Hall–Kier alpha value is -2.24. The van der Waals surface area contributed by atoms with E-state index in [0.717, 1.165) is 5.56 Å². The molecule has 0 amide bonds. The number of nitrogens with zero attached hydrogens (tertiary/aromatic N) is 1. The lowest BCUT2D eigenvalue weighted by atomic mass is 10.1. The smallest absolute Gasteiger partial charge is 0.372 e. The number of amidine groups is 1. The summed E-state index contributed by atoms with van der Waals surface area (Å²) in [6, 6.07) is 14.0. The van der Waals surface area contributed by atoms with Crippen LogP contribution in [0.25, 0.3) is 0 Å². The lowest BCUT2D eigenvalue weighted by molar-refractivity contribution is -0.146. The number of hydrogen-bond donors (Lipinski definition) is 1. The number of benzene rings is 2. The Balaban J connectivity index is 1.81. The molecule has 0 atom stereocenters. The van der Waals surface area contributed by atoms with E-state index < -0.39 is 5.97 Å². The van der Waals surface area contributed by atoms with Crippen molar-refractivity contribution in [1.82, 2.24) is 0 Å². The zero-order valence-electron chi connectivity index (χ0n) is 12.0. The maximum atomic E-state index is 11.5. The maximum Gasteiger partial charge on any atom is 0.372 e. The Morgan fingerprint density at radius 2 is 1.83 bits per heavy atom. The molecule has 120 valence electrons. The van der Waals surface area contributed by atoms with Gasteiger partial charge in [-0.3, -0.25) is 0 Å². The van der Waals surface area contributed by atoms with Crippen LogP contribution in [-0.2, 0) is 16.1 Å². The fourth-order valence-corrected chi connectivity index (χ4v) is 2.01. The van der Waals surface area contributed by atoms with Gasteiger partial charge in [-0.25, -0.2) is 4.79 Å². The molecule has 5 nitrogen and oxygen atoms in total. The Labute approximate surface area is 143 Å². The molecule has 2 N–H and O–H groups in total. The van der Waals surface area contributed by atoms with Crippen LogP contribution in [0, 0.1) is 0 Å². The molecule has 0 aliphatic heterocycles. The van der Waals surface area contributed by atoms with Crippen LogP contribution >= 0.6 is 23.2 Å². The number of oxime groups is 1. The van der Waals surface area contributed by atoms with Crippen LogP contribution in [0.3, 0.4) is 0 Å². The molecule has 0 spiro atoms. The van der Waals surface area contributed by atoms with Crippen LogP contribution < -0.4 is 10.5 Å². The van der Waals surface area contributed by atoms with Crippen molar-refractivity contribution in [2.24, 2.45) is 10.9 Å². The Kier molecular flexibility index (Phi) is 6.26. The molecule has 7 heteroatoms. The van der Waals surface area contributed by atoms with Gasteiger partial charge in [0.1, 0.15) is 11.6 Å². The highest BCUT2D eigenvalue weighted by molar-refractivity contribution is 6.42. The number of carbonyl (C=O) groups is 1. The fraction of sp³-hybridized carbons (Fsp3) is 0.125. The first-order valence-corrected chi connectivity index (χ1v) is 7.44. The zero-order valence-corrected chi connectivity index (χ0v) is 13.6. The van der Waals surface area contributed by atoms with Crippen molar-refractivity contribution < 1.29 is 14.4 Å². The van der Waals surface area contributed by atoms with Gasteiger partial charge in [0.25, 0.3) is 0 Å². The molecule has 2 aromatic rings. The minimum Gasteiger partial charge on any atom is -0.482 e. The normalized spacial score (nSPS) is 11.1. The van der Waals surface area contributed by atoms with Gasteiger partial charge in [0.2, 0.25) is 0 Å². The Morgan fingerprint density at radius 1 is 1.09 bits per heavy atom. The van der Waals surface area contributed by atoms with Crippen molar-refractivity contribution in [3.05, 3.63) is 64.1 Å². The van der Waals surface area contributed by atoms with Gasteiger partial charge in [0.05, 0.1) is 10.0 Å². The van der Waals surface area contributed by atoms with E-state index in [1.165, 1.54) is 0 Å². The first-order valence-electron chi connectivity index (χ1n) is 6.68. The molecule has 0 saturated heterocycles. The summed E-state index contributed by atoms with van der Waals surface area (Å²) in [6.45, 7) is -0.256. The minimum atomic E-state index is -0.647. The predicted octanol–water partition coefficient (Wildman–Crippen LogP) is 3.43. The third kappa shape index (κ3) is 5.81. The van der Waals surface area contributed by atoms with E-state index in [4.69, 9.17) is 38.5 Å². The van der Waals surface area contributed by atoms with Crippen molar-refractivity contribution in [2.75, 3.05) is 6.61 Å². The number of rotatable bonds is 6. The summed E-state index contributed by atoms with van der Waals surface area (Å²) in [4.78, 5) is 16.2. The first kappa shape index (κ1) is 17.1. The molecule has 2 rings (SSSR count). The highest BCUT2D eigenvalue weighted by Crippen LogP contribution is 2.22. The van der Waals surface area contributed by atoms with Gasteiger partial charge in [-0.2, -0.15) is 0 Å². The predicted molar refractivity (Wildman–Crippen MR) is 89.8 cm³/mol. The summed E-state index contributed by atoms with van der Waals surface area (Å²) in [5.41, 5.74) is 6.51. The molecule has 0 bridgehead atoms. The molecule has 0 saturated carbocycles. The molecule has 0 unspecified atom stereocenters.